The van der Waals surface area contributed by atoms with Crippen molar-refractivity contribution in [2.75, 3.05) is 59.6 Å². The highest BCUT2D eigenvalue weighted by Crippen LogP contribution is 2.47. The Morgan fingerprint density at radius 1 is 0.773 bits per heavy atom. The van der Waals surface area contributed by atoms with Crippen molar-refractivity contribution in [1.29, 1.82) is 0 Å². The molecular formula is C29H41NO12S2. The minimum atomic E-state index is -3.99. The average Bonchev–Trinajstić information content (AvgIpc) is 2.99. The number of aliphatic carboxylic acids is 2. The predicted molar refractivity (Wildman–Crippen MR) is 163 cm³/mol. The predicted octanol–water partition coefficient (Wildman–Crippen LogP) is 2.61. The molecule has 44 heavy (non-hydrogen) atoms. The van der Waals surface area contributed by atoms with Crippen molar-refractivity contribution in [3.05, 3.63) is 47.5 Å². The van der Waals surface area contributed by atoms with E-state index in [0.717, 1.165) is 25.1 Å². The van der Waals surface area contributed by atoms with Gasteiger partial charge < -0.3 is 34.1 Å². The lowest BCUT2D eigenvalue weighted by Crippen LogP contribution is -2.50. The SMILES string of the molecule is CCN(CCCC1(c2ccc(OC)c(OC)c2)S(=O)(=O)CCCS1(=O)=O)CCc1ccc(OC)c(OC)c1.O=C(O)C(=O)O. The van der Waals surface area contributed by atoms with Gasteiger partial charge in [-0.2, -0.15) is 0 Å². The van der Waals surface area contributed by atoms with Gasteiger partial charge in [0.2, 0.25) is 0 Å². The molecule has 246 valence electrons. The van der Waals surface area contributed by atoms with Gasteiger partial charge in [0, 0.05) is 6.54 Å². The summed E-state index contributed by atoms with van der Waals surface area (Å²) in [6, 6.07) is 10.4. The van der Waals surface area contributed by atoms with Crippen LogP contribution in [0.5, 0.6) is 23.0 Å². The summed E-state index contributed by atoms with van der Waals surface area (Å²) in [4.78, 5) is 20.4. The van der Waals surface area contributed by atoms with Gasteiger partial charge in [0.05, 0.1) is 39.9 Å². The molecule has 15 heteroatoms. The summed E-state index contributed by atoms with van der Waals surface area (Å²) in [5, 5.41) is 14.8. The first-order valence-electron chi connectivity index (χ1n) is 13.8. The quantitative estimate of drug-likeness (QED) is 0.300. The Bertz CT molecular complexity index is 1460. The summed E-state index contributed by atoms with van der Waals surface area (Å²) in [5.74, 6) is -1.95. The van der Waals surface area contributed by atoms with Crippen LogP contribution >= 0.6 is 0 Å². The third-order valence-electron chi connectivity index (χ3n) is 7.43. The van der Waals surface area contributed by atoms with Crippen molar-refractivity contribution in [1.82, 2.24) is 4.90 Å². The fourth-order valence-electron chi connectivity index (χ4n) is 5.14. The van der Waals surface area contributed by atoms with E-state index < -0.39 is 35.7 Å². The molecule has 1 saturated heterocycles. The number of likely N-dealkylation sites (N-methyl/N-ethyl adjacent to an activating group) is 1. The maximum atomic E-state index is 13.6. The van der Waals surface area contributed by atoms with E-state index in [4.69, 9.17) is 38.7 Å². The number of hydrogen-bond acceptors (Lipinski definition) is 11. The summed E-state index contributed by atoms with van der Waals surface area (Å²) in [6.45, 7) is 4.07. The summed E-state index contributed by atoms with van der Waals surface area (Å²) >= 11 is 0. The van der Waals surface area contributed by atoms with Crippen LogP contribution in [-0.2, 0) is 39.8 Å². The Kier molecular flexibility index (Phi) is 13.3. The highest BCUT2D eigenvalue weighted by molar-refractivity contribution is 8.10. The number of carboxylic acids is 2. The van der Waals surface area contributed by atoms with Gasteiger partial charge in [-0.1, -0.05) is 19.1 Å². The van der Waals surface area contributed by atoms with E-state index >= 15 is 0 Å². The summed E-state index contributed by atoms with van der Waals surface area (Å²) < 4.78 is 73.6. The summed E-state index contributed by atoms with van der Waals surface area (Å²) in [6.07, 6.45) is 1.23. The van der Waals surface area contributed by atoms with Crippen molar-refractivity contribution < 1.29 is 55.6 Å². The Hall–Kier alpha value is -3.56. The third kappa shape index (κ3) is 8.33. The molecule has 0 radical (unpaired) electrons. The van der Waals surface area contributed by atoms with Gasteiger partial charge >= 0.3 is 11.9 Å². The maximum absolute atomic E-state index is 13.6. The van der Waals surface area contributed by atoms with Crippen LogP contribution in [0.1, 0.15) is 37.3 Å². The van der Waals surface area contributed by atoms with Crippen LogP contribution in [0.25, 0.3) is 0 Å². The molecule has 1 heterocycles. The number of hydrogen-bond donors (Lipinski definition) is 2. The van der Waals surface area contributed by atoms with Crippen LogP contribution in [-0.4, -0.2) is 103 Å². The standard InChI is InChI=1S/C27H39NO8S2.C2H2O4/c1-6-28(16-13-21-9-11-23(33-2)25(19-21)35-4)15-7-14-27(37(29,30)17-8-18-38(27,31)32)22-10-12-24(34-3)26(20-22)36-5;3-1(4)2(5)6/h9-12,19-20H,6-8,13-18H2,1-5H3;(H,3,4)(H,5,6). The molecule has 0 bridgehead atoms. The van der Waals surface area contributed by atoms with Gasteiger partial charge in [0.1, 0.15) is 0 Å². The minimum absolute atomic E-state index is 0.0278. The lowest BCUT2D eigenvalue weighted by Gasteiger charge is -2.37. The molecule has 0 saturated carbocycles. The van der Waals surface area contributed by atoms with Crippen LogP contribution in [0.4, 0.5) is 0 Å². The number of sulfone groups is 2. The second-order valence-corrected chi connectivity index (χ2v) is 14.8. The molecule has 0 atom stereocenters. The topological polar surface area (TPSA) is 183 Å². The molecule has 3 rings (SSSR count). The first-order chi connectivity index (χ1) is 20.7. The second kappa shape index (κ2) is 16.0. The number of benzene rings is 2. The smallest absolute Gasteiger partial charge is 0.414 e. The maximum Gasteiger partial charge on any atom is 0.414 e. The third-order valence-corrected chi connectivity index (χ3v) is 13.5. The minimum Gasteiger partial charge on any atom is -0.493 e. The zero-order valence-corrected chi connectivity index (χ0v) is 27.2. The van der Waals surface area contributed by atoms with Gasteiger partial charge in [-0.15, -0.1) is 0 Å². The molecule has 13 nitrogen and oxygen atoms in total. The zero-order valence-electron chi connectivity index (χ0n) is 25.6. The molecule has 2 aromatic carbocycles. The number of ether oxygens (including phenoxy) is 4. The van der Waals surface area contributed by atoms with E-state index in [1.54, 1.807) is 20.3 Å². The number of carboxylic acid groups (broad SMARTS) is 2. The van der Waals surface area contributed by atoms with Crippen molar-refractivity contribution in [3.8, 4) is 23.0 Å². The van der Waals surface area contributed by atoms with Crippen molar-refractivity contribution in [3.63, 3.8) is 0 Å². The van der Waals surface area contributed by atoms with Crippen molar-refractivity contribution in [2.45, 2.75) is 36.7 Å². The lowest BCUT2D eigenvalue weighted by atomic mass is 10.1. The fourth-order valence-corrected chi connectivity index (χ4v) is 11.0. The molecule has 2 aromatic rings. The van der Waals surface area contributed by atoms with E-state index in [1.165, 1.54) is 26.4 Å². The van der Waals surface area contributed by atoms with Crippen LogP contribution in [0, 0.1) is 0 Å². The van der Waals surface area contributed by atoms with Crippen LogP contribution in [0.2, 0.25) is 0 Å². The molecule has 0 amide bonds. The number of carbonyl (C=O) groups is 2. The lowest BCUT2D eigenvalue weighted by molar-refractivity contribution is -0.159. The molecule has 0 aliphatic carbocycles. The van der Waals surface area contributed by atoms with E-state index in [9.17, 15) is 16.8 Å². The van der Waals surface area contributed by atoms with E-state index in [-0.39, 0.29) is 29.9 Å². The van der Waals surface area contributed by atoms with Crippen molar-refractivity contribution in [2.24, 2.45) is 0 Å². The summed E-state index contributed by atoms with van der Waals surface area (Å²) in [5.41, 5.74) is 1.29. The molecule has 0 aromatic heterocycles. The Balaban J connectivity index is 0.00000102. The Morgan fingerprint density at radius 3 is 1.75 bits per heavy atom. The molecule has 2 N–H and O–H groups in total. The van der Waals surface area contributed by atoms with Gasteiger partial charge in [0.25, 0.3) is 0 Å². The van der Waals surface area contributed by atoms with Crippen LogP contribution in [0.15, 0.2) is 36.4 Å². The summed E-state index contributed by atoms with van der Waals surface area (Å²) in [7, 11) is -1.88. The number of nitrogens with zero attached hydrogens (tertiary/aromatic N) is 1. The Morgan fingerprint density at radius 2 is 1.27 bits per heavy atom. The van der Waals surface area contributed by atoms with Crippen molar-refractivity contribution >= 4 is 31.6 Å². The molecule has 0 spiro atoms. The van der Waals surface area contributed by atoms with Gasteiger partial charge in [0.15, 0.2) is 46.8 Å². The first-order valence-corrected chi connectivity index (χ1v) is 17.1. The van der Waals surface area contributed by atoms with Gasteiger partial charge in [-0.3, -0.25) is 0 Å². The highest BCUT2D eigenvalue weighted by atomic mass is 32.3. The molecule has 1 fully saturated rings. The largest absolute Gasteiger partial charge is 0.493 e. The normalized spacial score (nSPS) is 16.2. The van der Waals surface area contributed by atoms with Gasteiger partial charge in [-0.05, 0) is 74.2 Å². The van der Waals surface area contributed by atoms with E-state index in [1.807, 2.05) is 25.1 Å². The van der Waals surface area contributed by atoms with Crippen LogP contribution in [0.3, 0.4) is 0 Å². The fraction of sp³-hybridized carbons (Fsp3) is 0.517. The Labute approximate surface area is 258 Å². The second-order valence-electron chi connectivity index (χ2n) is 9.90. The molecule has 1 aliphatic rings. The molecular weight excluding hydrogens is 618 g/mol. The van der Waals surface area contributed by atoms with E-state index in [2.05, 4.69) is 4.90 Å². The van der Waals surface area contributed by atoms with Gasteiger partial charge in [-0.25, -0.2) is 26.4 Å². The highest BCUT2D eigenvalue weighted by Gasteiger charge is 2.57. The average molecular weight is 660 g/mol. The monoisotopic (exact) mass is 659 g/mol. The van der Waals surface area contributed by atoms with Crippen LogP contribution < -0.4 is 18.9 Å². The first kappa shape index (κ1) is 36.6. The molecule has 1 aliphatic heterocycles. The number of methoxy groups -OCH3 is 4. The van der Waals surface area contributed by atoms with E-state index in [0.29, 0.717) is 36.0 Å². The zero-order chi connectivity index (χ0) is 33.1. The number of rotatable bonds is 13. The molecule has 0 unspecified atom stereocenters.